The molecule has 0 unspecified atom stereocenters. The van der Waals surface area contributed by atoms with Crippen LogP contribution in [-0.4, -0.2) is 5.91 Å². The Labute approximate surface area is 77.5 Å². The van der Waals surface area contributed by atoms with Gasteiger partial charge in [-0.05, 0) is 28.1 Å². The first-order chi connectivity index (χ1) is 5.13. The molecule has 0 aliphatic heterocycles. The lowest BCUT2D eigenvalue weighted by Gasteiger charge is -2.00. The first-order valence-corrected chi connectivity index (χ1v) is 4.04. The van der Waals surface area contributed by atoms with E-state index in [1.807, 2.05) is 0 Å². The molecule has 1 aromatic rings. The maximum atomic E-state index is 10.8. The molecule has 1 amide bonds. The average molecular weight is 234 g/mol. The predicted molar refractivity (Wildman–Crippen MR) is 47.7 cm³/mol. The minimum absolute atomic E-state index is 0.328. The van der Waals surface area contributed by atoms with E-state index in [9.17, 15) is 4.79 Å². The number of nitrogens with two attached hydrogens (primary N) is 1. The summed E-state index contributed by atoms with van der Waals surface area (Å²) < 4.78 is 0.623. The van der Waals surface area contributed by atoms with E-state index in [1.165, 1.54) is 0 Å². The lowest BCUT2D eigenvalue weighted by molar-refractivity contribution is 0.0999. The van der Waals surface area contributed by atoms with Crippen molar-refractivity contribution in [3.8, 4) is 0 Å². The molecule has 0 spiro atoms. The summed E-state index contributed by atoms with van der Waals surface area (Å²) in [6.45, 7) is 0. The third kappa shape index (κ3) is 1.73. The largest absolute Gasteiger partial charge is 0.366 e. The fourth-order valence-corrected chi connectivity index (χ4v) is 1.68. The Bertz CT molecular complexity index is 280. The molecule has 0 fully saturated rings. The molecule has 0 aliphatic carbocycles. The van der Waals surface area contributed by atoms with Gasteiger partial charge in [-0.2, -0.15) is 0 Å². The highest BCUT2D eigenvalue weighted by molar-refractivity contribution is 9.10. The van der Waals surface area contributed by atoms with Crippen LogP contribution in [0.2, 0.25) is 5.02 Å². The smallest absolute Gasteiger partial charge is 0.251 e. The van der Waals surface area contributed by atoms with Crippen molar-refractivity contribution in [3.63, 3.8) is 0 Å². The van der Waals surface area contributed by atoms with Crippen LogP contribution in [0.25, 0.3) is 0 Å². The molecule has 58 valence electrons. The highest BCUT2D eigenvalue weighted by Crippen LogP contribution is 2.23. The minimum Gasteiger partial charge on any atom is -0.366 e. The molecule has 4 heteroatoms. The molecular formula is C7H5BrClNO. The molecule has 1 aromatic carbocycles. The Morgan fingerprint density at radius 2 is 2.18 bits per heavy atom. The number of carbonyl (C=O) groups is 1. The van der Waals surface area contributed by atoms with Gasteiger partial charge in [-0.3, -0.25) is 4.79 Å². The van der Waals surface area contributed by atoms with Gasteiger partial charge in [-0.25, -0.2) is 0 Å². The monoisotopic (exact) mass is 233 g/mol. The average Bonchev–Trinajstić information content (AvgIpc) is 1.85. The van der Waals surface area contributed by atoms with Crippen LogP contribution in [0.4, 0.5) is 0 Å². The Morgan fingerprint density at radius 3 is 2.55 bits per heavy atom. The maximum Gasteiger partial charge on any atom is 0.251 e. The first-order valence-electron chi connectivity index (χ1n) is 2.86. The second kappa shape index (κ2) is 3.24. The Kier molecular flexibility index (Phi) is 2.52. The molecule has 0 radical (unpaired) electrons. The van der Waals surface area contributed by atoms with Gasteiger partial charge in [0.25, 0.3) is 5.91 Å². The van der Waals surface area contributed by atoms with E-state index in [2.05, 4.69) is 15.9 Å². The third-order valence-corrected chi connectivity index (χ3v) is 2.18. The van der Waals surface area contributed by atoms with Gasteiger partial charge in [-0.1, -0.05) is 17.7 Å². The lowest BCUT2D eigenvalue weighted by Crippen LogP contribution is -2.12. The molecule has 0 saturated heterocycles. The number of rotatable bonds is 1. The Morgan fingerprint density at radius 1 is 1.55 bits per heavy atom. The van der Waals surface area contributed by atoms with E-state index in [0.717, 1.165) is 0 Å². The van der Waals surface area contributed by atoms with Crippen molar-refractivity contribution in [2.24, 2.45) is 5.73 Å². The van der Waals surface area contributed by atoms with Crippen molar-refractivity contribution < 1.29 is 4.79 Å². The zero-order valence-electron chi connectivity index (χ0n) is 5.47. The van der Waals surface area contributed by atoms with Crippen LogP contribution in [0, 0.1) is 0 Å². The van der Waals surface area contributed by atoms with Gasteiger partial charge < -0.3 is 5.73 Å². The van der Waals surface area contributed by atoms with Gasteiger partial charge in [0.2, 0.25) is 0 Å². The zero-order valence-corrected chi connectivity index (χ0v) is 7.82. The number of primary amides is 1. The molecule has 2 nitrogen and oxygen atoms in total. The fraction of sp³-hybridized carbons (Fsp3) is 0. The number of amides is 1. The van der Waals surface area contributed by atoms with Crippen LogP contribution in [0.3, 0.4) is 0 Å². The zero-order chi connectivity index (χ0) is 8.43. The van der Waals surface area contributed by atoms with Gasteiger partial charge in [0.05, 0.1) is 10.6 Å². The number of hydrogen-bond donors (Lipinski definition) is 1. The van der Waals surface area contributed by atoms with E-state index in [0.29, 0.717) is 15.1 Å². The summed E-state index contributed by atoms with van der Waals surface area (Å²) in [5.41, 5.74) is 5.39. The molecule has 11 heavy (non-hydrogen) atoms. The van der Waals surface area contributed by atoms with E-state index in [4.69, 9.17) is 17.3 Å². The summed E-state index contributed by atoms with van der Waals surface area (Å²) in [6.07, 6.45) is 0. The molecule has 0 bridgehead atoms. The van der Waals surface area contributed by atoms with Crippen molar-refractivity contribution in [2.75, 3.05) is 0 Å². The van der Waals surface area contributed by atoms with E-state index in [1.54, 1.807) is 18.2 Å². The lowest BCUT2D eigenvalue weighted by atomic mass is 10.2. The molecule has 2 N–H and O–H groups in total. The van der Waals surface area contributed by atoms with Gasteiger partial charge in [0.15, 0.2) is 0 Å². The van der Waals surface area contributed by atoms with Crippen LogP contribution < -0.4 is 5.73 Å². The van der Waals surface area contributed by atoms with Gasteiger partial charge in [0, 0.05) is 4.47 Å². The van der Waals surface area contributed by atoms with Crippen molar-refractivity contribution in [3.05, 3.63) is 33.3 Å². The molecule has 0 atom stereocenters. The van der Waals surface area contributed by atoms with Crippen LogP contribution in [0.5, 0.6) is 0 Å². The summed E-state index contributed by atoms with van der Waals surface area (Å²) in [5.74, 6) is -0.525. The Balaban J connectivity index is 3.32. The first kappa shape index (κ1) is 8.56. The van der Waals surface area contributed by atoms with Crippen LogP contribution in [0.15, 0.2) is 22.7 Å². The topological polar surface area (TPSA) is 43.1 Å². The van der Waals surface area contributed by atoms with Gasteiger partial charge in [0.1, 0.15) is 0 Å². The highest BCUT2D eigenvalue weighted by Gasteiger charge is 2.09. The molecule has 0 saturated carbocycles. The normalized spacial score (nSPS) is 9.64. The summed E-state index contributed by atoms with van der Waals surface area (Å²) in [4.78, 5) is 10.8. The third-order valence-electron chi connectivity index (χ3n) is 1.21. The highest BCUT2D eigenvalue weighted by atomic mass is 79.9. The summed E-state index contributed by atoms with van der Waals surface area (Å²) in [6, 6.07) is 5.07. The SMILES string of the molecule is NC(=O)c1c(Cl)cccc1Br. The summed E-state index contributed by atoms with van der Waals surface area (Å²) in [5, 5.41) is 0.367. The summed E-state index contributed by atoms with van der Waals surface area (Å²) >= 11 is 8.86. The molecule has 0 heterocycles. The molecule has 1 rings (SSSR count). The van der Waals surface area contributed by atoms with Crippen molar-refractivity contribution in [1.29, 1.82) is 0 Å². The number of halogens is 2. The van der Waals surface area contributed by atoms with Crippen LogP contribution >= 0.6 is 27.5 Å². The van der Waals surface area contributed by atoms with Gasteiger partial charge in [-0.15, -0.1) is 0 Å². The number of benzene rings is 1. The molecule has 0 aliphatic rings. The Hall–Kier alpha value is -0.540. The molecular weight excluding hydrogens is 229 g/mol. The van der Waals surface area contributed by atoms with E-state index >= 15 is 0 Å². The maximum absolute atomic E-state index is 10.8. The second-order valence-corrected chi connectivity index (χ2v) is 3.22. The van der Waals surface area contributed by atoms with E-state index < -0.39 is 5.91 Å². The van der Waals surface area contributed by atoms with Crippen molar-refractivity contribution >= 4 is 33.4 Å². The minimum atomic E-state index is -0.525. The van der Waals surface area contributed by atoms with E-state index in [-0.39, 0.29) is 0 Å². The van der Waals surface area contributed by atoms with Crippen molar-refractivity contribution in [1.82, 2.24) is 0 Å². The van der Waals surface area contributed by atoms with Gasteiger partial charge >= 0.3 is 0 Å². The standard InChI is InChI=1S/C7H5BrClNO/c8-4-2-1-3-5(9)6(4)7(10)11/h1-3H,(H2,10,11). The number of carbonyl (C=O) groups excluding carboxylic acids is 1. The summed E-state index contributed by atoms with van der Waals surface area (Å²) in [7, 11) is 0. The quantitative estimate of drug-likeness (QED) is 0.795. The molecule has 0 aromatic heterocycles. The number of hydrogen-bond acceptors (Lipinski definition) is 1. The second-order valence-electron chi connectivity index (χ2n) is 1.96. The van der Waals surface area contributed by atoms with Crippen LogP contribution in [0.1, 0.15) is 10.4 Å². The van der Waals surface area contributed by atoms with Crippen LogP contribution in [-0.2, 0) is 0 Å². The fourth-order valence-electron chi connectivity index (χ4n) is 0.733. The van der Waals surface area contributed by atoms with Crippen molar-refractivity contribution in [2.45, 2.75) is 0 Å². The predicted octanol–water partition coefficient (Wildman–Crippen LogP) is 2.20.